The van der Waals surface area contributed by atoms with Crippen molar-refractivity contribution in [2.24, 2.45) is 0 Å². The Balaban J connectivity index is 1.50. The molecule has 1 aromatic carbocycles. The molecule has 1 aromatic rings. The number of carbonyl (C=O) groups excluding carboxylic acids is 1. The number of hydrogen-bond acceptors (Lipinski definition) is 3. The van der Waals surface area contributed by atoms with Crippen LogP contribution in [0.25, 0.3) is 6.08 Å². The minimum absolute atomic E-state index is 0.137. The zero-order valence-electron chi connectivity index (χ0n) is 14.9. The van der Waals surface area contributed by atoms with Gasteiger partial charge in [0, 0.05) is 58.1 Å². The van der Waals surface area contributed by atoms with E-state index in [-0.39, 0.29) is 5.91 Å². The maximum atomic E-state index is 12.4. The van der Waals surface area contributed by atoms with E-state index in [9.17, 15) is 4.79 Å². The number of rotatable bonds is 4. The van der Waals surface area contributed by atoms with Gasteiger partial charge in [0.15, 0.2) is 0 Å². The summed E-state index contributed by atoms with van der Waals surface area (Å²) in [6.45, 7) is 3.78. The van der Waals surface area contributed by atoms with Crippen LogP contribution in [0.2, 0.25) is 0 Å². The lowest BCUT2D eigenvalue weighted by Gasteiger charge is -2.37. The molecule has 0 aromatic heterocycles. The normalized spacial score (nSPS) is 20.0. The van der Waals surface area contributed by atoms with Crippen LogP contribution in [0.1, 0.15) is 31.2 Å². The summed E-state index contributed by atoms with van der Waals surface area (Å²) in [5, 5.41) is 0. The van der Waals surface area contributed by atoms with E-state index in [1.807, 2.05) is 25.1 Å². The molecule has 4 nitrogen and oxygen atoms in total. The largest absolute Gasteiger partial charge is 0.378 e. The number of carbonyl (C=O) groups is 1. The van der Waals surface area contributed by atoms with E-state index in [4.69, 9.17) is 0 Å². The first-order valence-corrected chi connectivity index (χ1v) is 9.12. The Labute approximate surface area is 145 Å². The maximum absolute atomic E-state index is 12.4. The van der Waals surface area contributed by atoms with E-state index in [1.165, 1.54) is 31.4 Å². The number of anilines is 1. The topological polar surface area (TPSA) is 26.8 Å². The molecule has 4 heteroatoms. The second-order valence-corrected chi connectivity index (χ2v) is 7.12. The van der Waals surface area contributed by atoms with Crippen LogP contribution in [0.3, 0.4) is 0 Å². The van der Waals surface area contributed by atoms with E-state index < -0.39 is 0 Å². The van der Waals surface area contributed by atoms with E-state index in [1.54, 1.807) is 6.08 Å². The molecule has 130 valence electrons. The van der Waals surface area contributed by atoms with Crippen LogP contribution in [-0.4, -0.2) is 62.0 Å². The summed E-state index contributed by atoms with van der Waals surface area (Å²) in [4.78, 5) is 19.0. The van der Waals surface area contributed by atoms with Crippen LogP contribution < -0.4 is 4.90 Å². The van der Waals surface area contributed by atoms with Gasteiger partial charge in [0.2, 0.25) is 5.91 Å². The lowest BCUT2D eigenvalue weighted by molar-refractivity contribution is -0.127. The molecule has 0 N–H and O–H groups in total. The summed E-state index contributed by atoms with van der Waals surface area (Å²) in [7, 11) is 4.05. The van der Waals surface area contributed by atoms with Crippen molar-refractivity contribution in [3.8, 4) is 0 Å². The van der Waals surface area contributed by atoms with Gasteiger partial charge < -0.3 is 9.80 Å². The van der Waals surface area contributed by atoms with Crippen molar-refractivity contribution >= 4 is 17.7 Å². The molecule has 24 heavy (non-hydrogen) atoms. The standard InChI is InChI=1S/C20H29N3O/c1-21(2)18-10-7-17(8-11-18)9-12-20(24)23-15-13-22(14-16-23)19-5-3-4-6-19/h7-12,19H,3-6,13-16H2,1-2H3. The lowest BCUT2D eigenvalue weighted by Crippen LogP contribution is -2.51. The maximum Gasteiger partial charge on any atom is 0.246 e. The number of hydrogen-bond donors (Lipinski definition) is 0. The lowest BCUT2D eigenvalue weighted by atomic mass is 10.1. The Kier molecular flexibility index (Phi) is 5.56. The van der Waals surface area contributed by atoms with Gasteiger partial charge in [0.1, 0.15) is 0 Å². The van der Waals surface area contributed by atoms with Gasteiger partial charge in [0.05, 0.1) is 0 Å². The highest BCUT2D eigenvalue weighted by Crippen LogP contribution is 2.24. The van der Waals surface area contributed by atoms with Crippen molar-refractivity contribution in [2.45, 2.75) is 31.7 Å². The van der Waals surface area contributed by atoms with Crippen molar-refractivity contribution in [1.82, 2.24) is 9.80 Å². The quantitative estimate of drug-likeness (QED) is 0.796. The monoisotopic (exact) mass is 327 g/mol. The Morgan fingerprint density at radius 1 is 1.04 bits per heavy atom. The summed E-state index contributed by atoms with van der Waals surface area (Å²) < 4.78 is 0. The van der Waals surface area contributed by atoms with Crippen LogP contribution in [0.4, 0.5) is 5.69 Å². The SMILES string of the molecule is CN(C)c1ccc(C=CC(=O)N2CCN(C3CCCC3)CC2)cc1. The third kappa shape index (κ3) is 4.18. The smallest absolute Gasteiger partial charge is 0.246 e. The zero-order valence-corrected chi connectivity index (χ0v) is 14.9. The summed E-state index contributed by atoms with van der Waals surface area (Å²) >= 11 is 0. The van der Waals surface area contributed by atoms with Gasteiger partial charge in [0.25, 0.3) is 0 Å². The fourth-order valence-corrected chi connectivity index (χ4v) is 3.73. The van der Waals surface area contributed by atoms with Crippen LogP contribution in [0.5, 0.6) is 0 Å². The minimum atomic E-state index is 0.137. The highest BCUT2D eigenvalue weighted by molar-refractivity contribution is 5.91. The summed E-state index contributed by atoms with van der Waals surface area (Å²) in [6, 6.07) is 9.02. The van der Waals surface area contributed by atoms with E-state index >= 15 is 0 Å². The van der Waals surface area contributed by atoms with E-state index in [0.717, 1.165) is 37.8 Å². The molecule has 1 saturated heterocycles. The van der Waals surface area contributed by atoms with Crippen molar-refractivity contribution < 1.29 is 4.79 Å². The van der Waals surface area contributed by atoms with Gasteiger partial charge >= 0.3 is 0 Å². The minimum Gasteiger partial charge on any atom is -0.378 e. The summed E-state index contributed by atoms with van der Waals surface area (Å²) in [5.74, 6) is 0.137. The molecule has 2 fully saturated rings. The van der Waals surface area contributed by atoms with Gasteiger partial charge in [-0.2, -0.15) is 0 Å². The highest BCUT2D eigenvalue weighted by Gasteiger charge is 2.27. The Morgan fingerprint density at radius 3 is 2.25 bits per heavy atom. The predicted octanol–water partition coefficient (Wildman–Crippen LogP) is 2.85. The molecule has 1 saturated carbocycles. The molecule has 0 spiro atoms. The molecule has 0 unspecified atom stereocenters. The molecule has 0 atom stereocenters. The van der Waals surface area contributed by atoms with Gasteiger partial charge in [-0.05, 0) is 36.6 Å². The number of amides is 1. The van der Waals surface area contributed by atoms with E-state index in [2.05, 4.69) is 34.1 Å². The zero-order chi connectivity index (χ0) is 16.9. The molecule has 2 aliphatic rings. The number of nitrogens with zero attached hydrogens (tertiary/aromatic N) is 3. The van der Waals surface area contributed by atoms with Crippen LogP contribution in [-0.2, 0) is 4.79 Å². The Morgan fingerprint density at radius 2 is 1.67 bits per heavy atom. The van der Waals surface area contributed by atoms with Crippen LogP contribution >= 0.6 is 0 Å². The van der Waals surface area contributed by atoms with Crippen molar-refractivity contribution in [3.63, 3.8) is 0 Å². The van der Waals surface area contributed by atoms with Crippen LogP contribution in [0, 0.1) is 0 Å². The third-order valence-corrected chi connectivity index (χ3v) is 5.29. The van der Waals surface area contributed by atoms with Crippen LogP contribution in [0.15, 0.2) is 30.3 Å². The molecule has 1 aliphatic heterocycles. The molecule has 1 heterocycles. The molecular formula is C20H29N3O. The third-order valence-electron chi connectivity index (χ3n) is 5.29. The van der Waals surface area contributed by atoms with Gasteiger partial charge in [-0.25, -0.2) is 0 Å². The van der Waals surface area contributed by atoms with Crippen molar-refractivity contribution in [3.05, 3.63) is 35.9 Å². The molecular weight excluding hydrogens is 298 g/mol. The average molecular weight is 327 g/mol. The molecule has 0 bridgehead atoms. The summed E-state index contributed by atoms with van der Waals surface area (Å²) in [5.41, 5.74) is 2.24. The van der Waals surface area contributed by atoms with Gasteiger partial charge in [-0.1, -0.05) is 25.0 Å². The molecule has 1 amide bonds. The van der Waals surface area contributed by atoms with Crippen molar-refractivity contribution in [1.29, 1.82) is 0 Å². The van der Waals surface area contributed by atoms with Crippen molar-refractivity contribution in [2.75, 3.05) is 45.2 Å². The Bertz CT molecular complexity index is 565. The highest BCUT2D eigenvalue weighted by atomic mass is 16.2. The fourth-order valence-electron chi connectivity index (χ4n) is 3.73. The molecule has 1 aliphatic carbocycles. The Hall–Kier alpha value is -1.81. The molecule has 3 rings (SSSR count). The molecule has 0 radical (unpaired) electrons. The first-order chi connectivity index (χ1) is 11.6. The summed E-state index contributed by atoms with van der Waals surface area (Å²) in [6.07, 6.45) is 9.08. The first kappa shape index (κ1) is 17.0. The predicted molar refractivity (Wildman–Crippen MR) is 100 cm³/mol. The second kappa shape index (κ2) is 7.84. The average Bonchev–Trinajstić information content (AvgIpc) is 3.15. The number of piperazine rings is 1. The second-order valence-electron chi connectivity index (χ2n) is 7.12. The van der Waals surface area contributed by atoms with Gasteiger partial charge in [-0.3, -0.25) is 9.69 Å². The number of benzene rings is 1. The fraction of sp³-hybridized carbons (Fsp3) is 0.550. The first-order valence-electron chi connectivity index (χ1n) is 9.12. The van der Waals surface area contributed by atoms with Gasteiger partial charge in [-0.15, -0.1) is 0 Å². The van der Waals surface area contributed by atoms with E-state index in [0.29, 0.717) is 0 Å².